The average Bonchev–Trinajstić information content (AvgIpc) is 3.54. The Morgan fingerprint density at radius 1 is 0.939 bits per heavy atom. The van der Waals surface area contributed by atoms with Crippen LogP contribution in [-0.2, 0) is 29.8 Å². The first-order valence-electron chi connectivity index (χ1n) is 16.7. The number of piperidine rings is 1. The monoisotopic (exact) mass is 698 g/mol. The smallest absolute Gasteiger partial charge is 0.351 e. The average molecular weight is 699 g/mol. The lowest BCUT2D eigenvalue weighted by atomic mass is 10.1. The summed E-state index contributed by atoms with van der Waals surface area (Å²) < 4.78 is 72.8. The van der Waals surface area contributed by atoms with Gasteiger partial charge in [-0.3, -0.25) is 4.90 Å². The maximum Gasteiger partial charge on any atom is 0.419 e. The van der Waals surface area contributed by atoms with Gasteiger partial charge in [0.15, 0.2) is 5.03 Å². The molecule has 0 bridgehead atoms. The van der Waals surface area contributed by atoms with Crippen molar-refractivity contribution in [1.82, 2.24) is 43.4 Å². The fourth-order valence-corrected chi connectivity index (χ4v) is 8.10. The number of anilines is 1. The Hall–Kier alpha value is -3.86. The number of nitrogens with one attached hydrogen (secondary N) is 1. The van der Waals surface area contributed by atoms with E-state index in [0.717, 1.165) is 56.1 Å². The molecular weight excluding hydrogens is 657 g/mol. The maximum absolute atomic E-state index is 14.1. The Labute approximate surface area is 284 Å². The fraction of sp³-hybridized carbons (Fsp3) is 0.515. The highest BCUT2D eigenvalue weighted by Crippen LogP contribution is 2.37. The molecule has 2 aliphatic heterocycles. The molecule has 0 atom stereocenters. The summed E-state index contributed by atoms with van der Waals surface area (Å²) in [5.41, 5.74) is 1.91. The lowest BCUT2D eigenvalue weighted by Gasteiger charge is -2.34. The van der Waals surface area contributed by atoms with E-state index >= 15 is 0 Å². The van der Waals surface area contributed by atoms with Gasteiger partial charge in [0.25, 0.3) is 10.0 Å². The number of alkyl halides is 3. The van der Waals surface area contributed by atoms with Crippen LogP contribution in [0.1, 0.15) is 42.4 Å². The van der Waals surface area contributed by atoms with E-state index in [-0.39, 0.29) is 41.4 Å². The zero-order valence-electron chi connectivity index (χ0n) is 27.6. The molecule has 1 aliphatic carbocycles. The minimum atomic E-state index is -4.68. The van der Waals surface area contributed by atoms with Crippen LogP contribution in [-0.4, -0.2) is 104 Å². The van der Waals surface area contributed by atoms with Gasteiger partial charge in [0.2, 0.25) is 5.95 Å². The molecule has 262 valence electrons. The Morgan fingerprint density at radius 3 is 2.33 bits per heavy atom. The molecule has 5 heterocycles. The van der Waals surface area contributed by atoms with Crippen LogP contribution in [0.15, 0.2) is 54.3 Å². The number of benzene rings is 1. The highest BCUT2D eigenvalue weighted by molar-refractivity contribution is 7.89. The standard InChI is InChI=1S/C33H41F3N10O2S/c1-23-15-25(19-44-13-11-43(12-14-44)18-24-3-4-24)5-6-29(23)46-20-26(16-39-46)31-28(33(34,35)36)17-37-32(41-31)40-27-7-9-45(10-8-27)49(47,48)30-21-42(2)22-38-30/h5-6,15-17,20-22,24,27H,3-4,7-14,18-19H2,1-2H3,(H,37,40,41). The highest BCUT2D eigenvalue weighted by atomic mass is 32.2. The molecule has 0 spiro atoms. The lowest BCUT2D eigenvalue weighted by Crippen LogP contribution is -2.46. The van der Waals surface area contributed by atoms with Gasteiger partial charge in [-0.15, -0.1) is 0 Å². The number of aryl methyl sites for hydroxylation is 2. The van der Waals surface area contributed by atoms with Crippen molar-refractivity contribution in [3.05, 3.63) is 66.0 Å². The lowest BCUT2D eigenvalue weighted by molar-refractivity contribution is -0.137. The summed E-state index contributed by atoms with van der Waals surface area (Å²) in [6.07, 6.45) is 5.53. The van der Waals surface area contributed by atoms with Crippen LogP contribution in [0.4, 0.5) is 19.1 Å². The van der Waals surface area contributed by atoms with Gasteiger partial charge in [-0.1, -0.05) is 12.1 Å². The van der Waals surface area contributed by atoms with Gasteiger partial charge >= 0.3 is 6.18 Å². The van der Waals surface area contributed by atoms with E-state index in [4.69, 9.17) is 0 Å². The summed E-state index contributed by atoms with van der Waals surface area (Å²) in [4.78, 5) is 17.3. The minimum Gasteiger partial charge on any atom is -0.351 e. The van der Waals surface area contributed by atoms with Crippen LogP contribution in [0.25, 0.3) is 16.9 Å². The first-order chi connectivity index (χ1) is 23.4. The van der Waals surface area contributed by atoms with E-state index < -0.39 is 21.8 Å². The van der Waals surface area contributed by atoms with Crippen molar-refractivity contribution < 1.29 is 21.6 Å². The second kappa shape index (κ2) is 13.5. The summed E-state index contributed by atoms with van der Waals surface area (Å²) in [5.74, 6) is 0.940. The topological polar surface area (TPSA) is 117 Å². The number of aromatic nitrogens is 6. The molecule has 3 aromatic heterocycles. The van der Waals surface area contributed by atoms with E-state index in [1.807, 2.05) is 13.0 Å². The second-order valence-corrected chi connectivity index (χ2v) is 15.4. The molecule has 4 aromatic rings. The van der Waals surface area contributed by atoms with Gasteiger partial charge < -0.3 is 14.8 Å². The predicted octanol–water partition coefficient (Wildman–Crippen LogP) is 4.18. The van der Waals surface area contributed by atoms with Crippen molar-refractivity contribution in [3.8, 4) is 16.9 Å². The summed E-state index contributed by atoms with van der Waals surface area (Å²) in [7, 11) is -2.04. The first kappa shape index (κ1) is 33.6. The van der Waals surface area contributed by atoms with Crippen molar-refractivity contribution in [2.45, 2.75) is 56.4 Å². The SMILES string of the molecule is Cc1cc(CN2CCN(CC3CC3)CC2)ccc1-n1cc(-c2nc(NC3CCN(S(=O)(=O)c4cn(C)cn4)CC3)ncc2C(F)(F)F)cn1. The molecule has 0 radical (unpaired) electrons. The molecule has 3 fully saturated rings. The van der Waals surface area contributed by atoms with Gasteiger partial charge in [0, 0.05) is 89.6 Å². The summed E-state index contributed by atoms with van der Waals surface area (Å²) in [5, 5.41) is 7.52. The predicted molar refractivity (Wildman–Crippen MR) is 177 cm³/mol. The molecule has 3 aliphatic rings. The van der Waals surface area contributed by atoms with Crippen LogP contribution in [0.3, 0.4) is 0 Å². The van der Waals surface area contributed by atoms with Gasteiger partial charge in [-0.25, -0.2) is 28.1 Å². The molecule has 0 unspecified atom stereocenters. The Kier molecular flexibility index (Phi) is 9.23. The van der Waals surface area contributed by atoms with E-state index in [0.29, 0.717) is 12.8 Å². The summed E-state index contributed by atoms with van der Waals surface area (Å²) in [6, 6.07) is 5.91. The number of hydrogen-bond donors (Lipinski definition) is 1. The highest BCUT2D eigenvalue weighted by Gasteiger charge is 2.37. The molecule has 2 saturated heterocycles. The number of halogens is 3. The molecule has 16 heteroatoms. The molecule has 0 amide bonds. The summed E-state index contributed by atoms with van der Waals surface area (Å²) in [6.45, 7) is 8.80. The third-order valence-electron chi connectivity index (χ3n) is 9.62. The zero-order valence-corrected chi connectivity index (χ0v) is 28.5. The molecule has 1 aromatic carbocycles. The number of piperazine rings is 1. The van der Waals surface area contributed by atoms with Crippen molar-refractivity contribution in [1.29, 1.82) is 0 Å². The minimum absolute atomic E-state index is 0.0170. The van der Waals surface area contributed by atoms with Crippen molar-refractivity contribution in [2.24, 2.45) is 13.0 Å². The van der Waals surface area contributed by atoms with Gasteiger partial charge in [0.05, 0.1) is 23.9 Å². The molecule has 12 nitrogen and oxygen atoms in total. The van der Waals surface area contributed by atoms with Gasteiger partial charge in [0.1, 0.15) is 5.56 Å². The molecular formula is C33H41F3N10O2S. The number of hydrogen-bond acceptors (Lipinski definition) is 9. The number of sulfonamides is 1. The molecule has 1 saturated carbocycles. The first-order valence-corrected chi connectivity index (χ1v) is 18.1. The third kappa shape index (κ3) is 7.66. The third-order valence-corrected chi connectivity index (χ3v) is 11.4. The molecule has 1 N–H and O–H groups in total. The van der Waals surface area contributed by atoms with E-state index in [9.17, 15) is 21.6 Å². The van der Waals surface area contributed by atoms with Gasteiger partial charge in [-0.2, -0.15) is 22.6 Å². The molecule has 49 heavy (non-hydrogen) atoms. The Balaban J connectivity index is 1.02. The van der Waals surface area contributed by atoms with E-state index in [1.54, 1.807) is 22.5 Å². The Bertz CT molecular complexity index is 1890. The number of rotatable bonds is 10. The van der Waals surface area contributed by atoms with Crippen LogP contribution < -0.4 is 5.32 Å². The second-order valence-electron chi connectivity index (χ2n) is 13.5. The largest absolute Gasteiger partial charge is 0.419 e. The van der Waals surface area contributed by atoms with E-state index in [2.05, 4.69) is 47.3 Å². The van der Waals surface area contributed by atoms with Crippen molar-refractivity contribution in [3.63, 3.8) is 0 Å². The number of nitrogens with zero attached hydrogens (tertiary/aromatic N) is 9. The normalized spacial score (nSPS) is 19.0. The van der Waals surface area contributed by atoms with Crippen LogP contribution >= 0.6 is 0 Å². The van der Waals surface area contributed by atoms with Crippen LogP contribution in [0.5, 0.6) is 0 Å². The van der Waals surface area contributed by atoms with Crippen molar-refractivity contribution >= 4 is 16.0 Å². The maximum atomic E-state index is 14.1. The molecule has 7 rings (SSSR count). The number of imidazole rings is 1. The summed E-state index contributed by atoms with van der Waals surface area (Å²) >= 11 is 0. The van der Waals surface area contributed by atoms with E-state index in [1.165, 1.54) is 48.0 Å². The van der Waals surface area contributed by atoms with Crippen LogP contribution in [0.2, 0.25) is 0 Å². The zero-order chi connectivity index (χ0) is 34.3. The Morgan fingerprint density at radius 2 is 1.67 bits per heavy atom. The van der Waals surface area contributed by atoms with Crippen LogP contribution in [0, 0.1) is 12.8 Å². The quantitative estimate of drug-likeness (QED) is 0.260. The van der Waals surface area contributed by atoms with Crippen molar-refractivity contribution in [2.75, 3.05) is 51.1 Å². The van der Waals surface area contributed by atoms with Gasteiger partial charge in [-0.05, 0) is 55.7 Å². The fourth-order valence-electron chi connectivity index (χ4n) is 6.66.